The van der Waals surface area contributed by atoms with Crippen LogP contribution in [-0.4, -0.2) is 43.9 Å². The maximum absolute atomic E-state index is 12.4. The van der Waals surface area contributed by atoms with E-state index < -0.39 is 21.7 Å². The number of amides is 1. The molecule has 1 amide bonds. The minimum absolute atomic E-state index is 0.0737. The number of rotatable bonds is 7. The molecule has 0 fully saturated rings. The second-order valence-corrected chi connectivity index (χ2v) is 10.2. The molecule has 3 rings (SSSR count). The smallest absolute Gasteiger partial charge is 0.343 e. The third-order valence-electron chi connectivity index (χ3n) is 4.08. The van der Waals surface area contributed by atoms with E-state index in [4.69, 9.17) is 21.1 Å². The van der Waals surface area contributed by atoms with Crippen LogP contribution in [0.4, 0.5) is 5.13 Å². The number of anilines is 1. The number of nitrogens with one attached hydrogen (secondary N) is 1. The quantitative estimate of drug-likeness (QED) is 0.163. The van der Waals surface area contributed by atoms with Gasteiger partial charge in [0.15, 0.2) is 0 Å². The lowest BCUT2D eigenvalue weighted by Gasteiger charge is -2.08. The van der Waals surface area contributed by atoms with Crippen molar-refractivity contribution < 1.29 is 27.5 Å². The number of halogens is 1. The van der Waals surface area contributed by atoms with Crippen LogP contribution in [0.2, 0.25) is 5.02 Å². The first-order valence-corrected chi connectivity index (χ1v) is 12.3. The van der Waals surface area contributed by atoms with Gasteiger partial charge < -0.3 is 9.47 Å². The fraction of sp³-hybridized carbons (Fsp3) is 0.0952. The Kier molecular flexibility index (Phi) is 7.62. The molecule has 0 radical (unpaired) electrons. The van der Waals surface area contributed by atoms with Gasteiger partial charge in [-0.2, -0.15) is 5.26 Å². The number of ether oxygens (including phenoxy) is 2. The molecule has 0 aliphatic heterocycles. The Hall–Kier alpha value is -3.79. The summed E-state index contributed by atoms with van der Waals surface area (Å²) in [6.07, 6.45) is 2.22. The van der Waals surface area contributed by atoms with Crippen LogP contribution >= 0.6 is 22.9 Å². The van der Waals surface area contributed by atoms with Crippen LogP contribution in [0, 0.1) is 11.3 Å². The van der Waals surface area contributed by atoms with Crippen LogP contribution in [0.15, 0.2) is 52.4 Å². The van der Waals surface area contributed by atoms with Crippen molar-refractivity contribution in [3.05, 3.63) is 64.2 Å². The summed E-state index contributed by atoms with van der Waals surface area (Å²) in [6, 6.07) is 12.5. The van der Waals surface area contributed by atoms with Crippen molar-refractivity contribution in [2.24, 2.45) is 0 Å². The topological polar surface area (TPSA) is 148 Å². The molecule has 0 spiro atoms. The number of hydrogen-bond acceptors (Lipinski definition) is 10. The van der Waals surface area contributed by atoms with Crippen molar-refractivity contribution in [1.29, 1.82) is 5.26 Å². The van der Waals surface area contributed by atoms with Gasteiger partial charge in [-0.25, -0.2) is 13.2 Å². The van der Waals surface area contributed by atoms with Crippen LogP contribution in [-0.2, 0) is 14.6 Å². The maximum atomic E-state index is 12.4. The second kappa shape index (κ2) is 10.4. The number of methoxy groups -OCH3 is 1. The number of nitriles is 1. The number of nitrogens with zero attached hydrogens (tertiary/aromatic N) is 3. The van der Waals surface area contributed by atoms with E-state index >= 15 is 0 Å². The fourth-order valence-electron chi connectivity index (χ4n) is 2.49. The summed E-state index contributed by atoms with van der Waals surface area (Å²) in [5.41, 5.74) is 0.346. The second-order valence-electron chi connectivity index (χ2n) is 6.58. The van der Waals surface area contributed by atoms with Gasteiger partial charge in [-0.15, -0.1) is 10.2 Å². The monoisotopic (exact) mass is 518 g/mol. The molecule has 1 aromatic heterocycles. The van der Waals surface area contributed by atoms with Crippen LogP contribution in [0.5, 0.6) is 11.5 Å². The minimum Gasteiger partial charge on any atom is -0.497 e. The zero-order chi connectivity index (χ0) is 24.9. The molecule has 13 heteroatoms. The zero-order valence-corrected chi connectivity index (χ0v) is 20.0. The summed E-state index contributed by atoms with van der Waals surface area (Å²) < 4.78 is 33.1. The van der Waals surface area contributed by atoms with E-state index in [0.29, 0.717) is 22.6 Å². The van der Waals surface area contributed by atoms with Crippen LogP contribution in [0.3, 0.4) is 0 Å². The van der Waals surface area contributed by atoms with Crippen LogP contribution in [0.1, 0.15) is 15.9 Å². The van der Waals surface area contributed by atoms with Gasteiger partial charge in [0.25, 0.3) is 5.91 Å². The Balaban J connectivity index is 1.75. The normalized spacial score (nSPS) is 11.4. The Morgan fingerprint density at radius 3 is 2.59 bits per heavy atom. The van der Waals surface area contributed by atoms with Gasteiger partial charge in [-0.3, -0.25) is 10.1 Å². The highest BCUT2D eigenvalue weighted by Gasteiger charge is 2.18. The van der Waals surface area contributed by atoms with E-state index in [-0.39, 0.29) is 31.4 Å². The van der Waals surface area contributed by atoms with Crippen LogP contribution in [0.25, 0.3) is 6.08 Å². The summed E-state index contributed by atoms with van der Waals surface area (Å²) in [6.45, 7) is 0. The Labute approximate surface area is 203 Å². The van der Waals surface area contributed by atoms with E-state index in [1.807, 2.05) is 0 Å². The summed E-state index contributed by atoms with van der Waals surface area (Å²) in [7, 11) is -2.10. The summed E-state index contributed by atoms with van der Waals surface area (Å²) >= 11 is 6.87. The molecule has 10 nitrogen and oxygen atoms in total. The van der Waals surface area contributed by atoms with Crippen molar-refractivity contribution >= 4 is 55.9 Å². The molecule has 0 saturated carbocycles. The largest absolute Gasteiger partial charge is 0.497 e. The van der Waals surface area contributed by atoms with Gasteiger partial charge in [0.1, 0.15) is 23.1 Å². The van der Waals surface area contributed by atoms with Gasteiger partial charge in [-0.05, 0) is 42.0 Å². The lowest BCUT2D eigenvalue weighted by molar-refractivity contribution is -0.112. The minimum atomic E-state index is -3.57. The average Bonchev–Trinajstić information content (AvgIpc) is 3.28. The Morgan fingerprint density at radius 1 is 1.21 bits per heavy atom. The van der Waals surface area contributed by atoms with Crippen molar-refractivity contribution in [3.8, 4) is 17.6 Å². The number of carbonyl (C=O) groups excluding carboxylic acids is 2. The SMILES string of the molecule is COc1cccc(C(=O)Oc2ccc(C=C(C#N)C(=O)Nc3nnc(S(C)(=O)=O)s3)cc2Cl)c1. The number of sulfone groups is 1. The van der Waals surface area contributed by atoms with E-state index in [0.717, 1.165) is 6.26 Å². The molecule has 0 aliphatic carbocycles. The third-order valence-corrected chi connectivity index (χ3v) is 6.89. The molecule has 34 heavy (non-hydrogen) atoms. The maximum Gasteiger partial charge on any atom is 0.343 e. The molecule has 174 valence electrons. The number of esters is 1. The Bertz CT molecular complexity index is 1440. The number of aromatic nitrogens is 2. The number of carbonyl (C=O) groups is 2. The lowest BCUT2D eigenvalue weighted by Crippen LogP contribution is -2.13. The fourth-order valence-corrected chi connectivity index (χ4v) is 4.22. The van der Waals surface area contributed by atoms with Crippen molar-refractivity contribution in [3.63, 3.8) is 0 Å². The highest BCUT2D eigenvalue weighted by molar-refractivity contribution is 7.92. The van der Waals surface area contributed by atoms with Gasteiger partial charge in [0, 0.05) is 6.26 Å². The predicted molar refractivity (Wildman–Crippen MR) is 125 cm³/mol. The van der Waals surface area contributed by atoms with Crippen molar-refractivity contribution in [2.45, 2.75) is 4.34 Å². The molecule has 0 bridgehead atoms. The molecule has 1 N–H and O–H groups in total. The third kappa shape index (κ3) is 6.16. The van der Waals surface area contributed by atoms with Gasteiger partial charge in [0.05, 0.1) is 17.7 Å². The molecule has 2 aromatic carbocycles. The summed E-state index contributed by atoms with van der Waals surface area (Å²) in [4.78, 5) is 24.8. The molecular formula is C21H15ClN4O6S2. The standard InChI is InChI=1S/C21H15ClN4O6S2/c1-31-15-5-3-4-13(10-15)19(28)32-17-7-6-12(9-16(17)22)8-14(11-23)18(27)24-20-25-26-21(33-20)34(2,29)30/h3-10H,1-2H3,(H,24,25,27). The lowest BCUT2D eigenvalue weighted by atomic mass is 10.1. The highest BCUT2D eigenvalue weighted by Crippen LogP contribution is 2.28. The first-order chi connectivity index (χ1) is 16.1. The van der Waals surface area contributed by atoms with E-state index in [1.165, 1.54) is 37.5 Å². The molecule has 0 aliphatic rings. The van der Waals surface area contributed by atoms with Crippen molar-refractivity contribution in [2.75, 3.05) is 18.7 Å². The number of hydrogen-bond donors (Lipinski definition) is 1. The van der Waals surface area contributed by atoms with Gasteiger partial charge >= 0.3 is 5.97 Å². The van der Waals surface area contributed by atoms with Gasteiger partial charge in [0.2, 0.25) is 19.3 Å². The molecule has 0 atom stereocenters. The van der Waals surface area contributed by atoms with E-state index in [9.17, 15) is 23.3 Å². The Morgan fingerprint density at radius 2 is 1.97 bits per heavy atom. The molecular weight excluding hydrogens is 504 g/mol. The number of benzene rings is 2. The average molecular weight is 519 g/mol. The van der Waals surface area contributed by atoms with E-state index in [2.05, 4.69) is 15.5 Å². The highest BCUT2D eigenvalue weighted by atomic mass is 35.5. The van der Waals surface area contributed by atoms with Crippen molar-refractivity contribution in [1.82, 2.24) is 10.2 Å². The van der Waals surface area contributed by atoms with Gasteiger partial charge in [-0.1, -0.05) is 35.1 Å². The molecule has 1 heterocycles. The van der Waals surface area contributed by atoms with E-state index in [1.54, 1.807) is 24.3 Å². The molecule has 0 unspecified atom stereocenters. The molecule has 3 aromatic rings. The summed E-state index contributed by atoms with van der Waals surface area (Å²) in [5, 5.41) is 18.7. The summed E-state index contributed by atoms with van der Waals surface area (Å²) in [5.74, 6) is -0.892. The first kappa shape index (κ1) is 24.8. The zero-order valence-electron chi connectivity index (χ0n) is 17.6. The predicted octanol–water partition coefficient (Wildman–Crippen LogP) is 3.37. The van der Waals surface area contributed by atoms with Crippen LogP contribution < -0.4 is 14.8 Å². The molecule has 0 saturated heterocycles. The first-order valence-electron chi connectivity index (χ1n) is 9.23.